The summed E-state index contributed by atoms with van der Waals surface area (Å²) in [6.45, 7) is 3.42. The maximum atomic E-state index is 13.5. The lowest BCUT2D eigenvalue weighted by atomic mass is 10.1. The van der Waals surface area contributed by atoms with Crippen LogP contribution in [0.4, 0.5) is 4.39 Å². The molecule has 2 rings (SSSR count). The monoisotopic (exact) mass is 427 g/mol. The smallest absolute Gasteiger partial charge is 0.191 e. The summed E-state index contributed by atoms with van der Waals surface area (Å²) >= 11 is 0. The first-order valence-corrected chi connectivity index (χ1v) is 7.42. The van der Waals surface area contributed by atoms with Gasteiger partial charge in [-0.1, -0.05) is 48.0 Å². The number of rotatable bonds is 5. The molecule has 0 amide bonds. The lowest BCUT2D eigenvalue weighted by molar-refractivity contribution is 0.606. The molecule has 0 unspecified atom stereocenters. The first-order chi connectivity index (χ1) is 10.7. The molecule has 0 aliphatic heterocycles. The molecule has 0 spiro atoms. The third-order valence-corrected chi connectivity index (χ3v) is 3.41. The zero-order valence-electron chi connectivity index (χ0n) is 13.5. The van der Waals surface area contributed by atoms with E-state index >= 15 is 0 Å². The van der Waals surface area contributed by atoms with E-state index in [-0.39, 0.29) is 29.8 Å². The average molecular weight is 427 g/mol. The van der Waals surface area contributed by atoms with Crippen LogP contribution in [-0.2, 0) is 13.0 Å². The van der Waals surface area contributed by atoms with Crippen LogP contribution in [0.5, 0.6) is 0 Å². The molecular formula is C18H23FIN3. The minimum Gasteiger partial charge on any atom is -0.356 e. The quantitative estimate of drug-likeness (QED) is 0.434. The van der Waals surface area contributed by atoms with Crippen molar-refractivity contribution in [1.29, 1.82) is 0 Å². The summed E-state index contributed by atoms with van der Waals surface area (Å²) in [5.74, 6) is 0.560. The first kappa shape index (κ1) is 19.4. The highest BCUT2D eigenvalue weighted by molar-refractivity contribution is 14.0. The second-order valence-corrected chi connectivity index (χ2v) is 5.18. The Kier molecular flexibility index (Phi) is 8.61. The largest absolute Gasteiger partial charge is 0.356 e. The van der Waals surface area contributed by atoms with E-state index in [0.717, 1.165) is 5.96 Å². The molecule has 2 aromatic rings. The molecular weight excluding hydrogens is 404 g/mol. The van der Waals surface area contributed by atoms with E-state index < -0.39 is 0 Å². The van der Waals surface area contributed by atoms with Gasteiger partial charge < -0.3 is 10.6 Å². The molecule has 5 heteroatoms. The van der Waals surface area contributed by atoms with Crippen molar-refractivity contribution in [3.05, 3.63) is 71.0 Å². The molecule has 124 valence electrons. The minimum atomic E-state index is -0.160. The topological polar surface area (TPSA) is 36.4 Å². The second kappa shape index (κ2) is 10.2. The molecule has 0 aromatic heterocycles. The van der Waals surface area contributed by atoms with Crippen molar-refractivity contribution in [2.75, 3.05) is 13.6 Å². The van der Waals surface area contributed by atoms with Crippen LogP contribution in [-0.4, -0.2) is 19.6 Å². The van der Waals surface area contributed by atoms with E-state index in [1.165, 1.54) is 17.2 Å². The van der Waals surface area contributed by atoms with E-state index in [2.05, 4.69) is 40.7 Å². The summed E-state index contributed by atoms with van der Waals surface area (Å²) < 4.78 is 13.5. The number of hydrogen-bond donors (Lipinski definition) is 2. The highest BCUT2D eigenvalue weighted by Gasteiger charge is 2.02. The molecule has 23 heavy (non-hydrogen) atoms. The van der Waals surface area contributed by atoms with Crippen LogP contribution in [0.25, 0.3) is 0 Å². The standard InChI is InChI=1S/C18H22FN3.HI/c1-14-6-5-7-15(12-14)13-22-18(20-2)21-11-10-16-8-3-4-9-17(16)19;/h3-9,12H,10-11,13H2,1-2H3,(H2,20,21,22);1H. The molecule has 0 saturated heterocycles. The first-order valence-electron chi connectivity index (χ1n) is 7.42. The fraction of sp³-hybridized carbons (Fsp3) is 0.278. The predicted molar refractivity (Wildman–Crippen MR) is 105 cm³/mol. The predicted octanol–water partition coefficient (Wildman–Crippen LogP) is 3.66. The average Bonchev–Trinajstić information content (AvgIpc) is 2.52. The molecule has 0 aliphatic rings. The van der Waals surface area contributed by atoms with Gasteiger partial charge in [0, 0.05) is 20.1 Å². The van der Waals surface area contributed by atoms with Crippen LogP contribution in [0.15, 0.2) is 53.5 Å². The molecule has 3 nitrogen and oxygen atoms in total. The highest BCUT2D eigenvalue weighted by atomic mass is 127. The van der Waals surface area contributed by atoms with E-state index in [1.807, 2.05) is 12.1 Å². The second-order valence-electron chi connectivity index (χ2n) is 5.18. The Hall–Kier alpha value is -1.63. The molecule has 0 aliphatic carbocycles. The van der Waals surface area contributed by atoms with Gasteiger partial charge in [0.15, 0.2) is 5.96 Å². The fourth-order valence-corrected chi connectivity index (χ4v) is 2.25. The Morgan fingerprint density at radius 2 is 1.87 bits per heavy atom. The SMILES string of the molecule is CN=C(NCCc1ccccc1F)NCc1cccc(C)c1.I. The Bertz CT molecular complexity index is 644. The molecule has 0 atom stereocenters. The van der Waals surface area contributed by atoms with Crippen molar-refractivity contribution >= 4 is 29.9 Å². The summed E-state index contributed by atoms with van der Waals surface area (Å²) in [6.07, 6.45) is 0.623. The van der Waals surface area contributed by atoms with Crippen LogP contribution in [0, 0.1) is 12.7 Å². The molecule has 0 saturated carbocycles. The van der Waals surface area contributed by atoms with E-state index in [0.29, 0.717) is 25.1 Å². The minimum absolute atomic E-state index is 0. The van der Waals surface area contributed by atoms with Crippen LogP contribution >= 0.6 is 24.0 Å². The highest BCUT2D eigenvalue weighted by Crippen LogP contribution is 2.06. The van der Waals surface area contributed by atoms with Crippen molar-refractivity contribution < 1.29 is 4.39 Å². The van der Waals surface area contributed by atoms with E-state index in [9.17, 15) is 4.39 Å². The summed E-state index contributed by atoms with van der Waals surface area (Å²) in [5, 5.41) is 6.46. The van der Waals surface area contributed by atoms with Gasteiger partial charge in [-0.2, -0.15) is 0 Å². The molecule has 0 bridgehead atoms. The lowest BCUT2D eigenvalue weighted by Gasteiger charge is -2.12. The fourth-order valence-electron chi connectivity index (χ4n) is 2.25. The summed E-state index contributed by atoms with van der Waals surface area (Å²) in [4.78, 5) is 4.18. The molecule has 0 fully saturated rings. The number of nitrogens with one attached hydrogen (secondary N) is 2. The van der Waals surface area contributed by atoms with Crippen molar-refractivity contribution in [2.45, 2.75) is 19.9 Å². The third-order valence-electron chi connectivity index (χ3n) is 3.41. The van der Waals surface area contributed by atoms with Crippen molar-refractivity contribution in [1.82, 2.24) is 10.6 Å². The molecule has 0 heterocycles. The van der Waals surface area contributed by atoms with Crippen molar-refractivity contribution in [3.63, 3.8) is 0 Å². The third kappa shape index (κ3) is 6.56. The number of aryl methyl sites for hydroxylation is 1. The Morgan fingerprint density at radius 1 is 1.09 bits per heavy atom. The number of nitrogens with zero attached hydrogens (tertiary/aromatic N) is 1. The van der Waals surface area contributed by atoms with Gasteiger partial charge in [0.05, 0.1) is 0 Å². The zero-order chi connectivity index (χ0) is 15.8. The van der Waals surface area contributed by atoms with Gasteiger partial charge in [0.2, 0.25) is 0 Å². The summed E-state index contributed by atoms with van der Waals surface area (Å²) in [6, 6.07) is 15.2. The number of halogens is 2. The van der Waals surface area contributed by atoms with Gasteiger partial charge in [-0.05, 0) is 30.5 Å². The maximum absolute atomic E-state index is 13.5. The maximum Gasteiger partial charge on any atom is 0.191 e. The number of guanidine groups is 1. The zero-order valence-corrected chi connectivity index (χ0v) is 15.8. The van der Waals surface area contributed by atoms with Crippen LogP contribution in [0.3, 0.4) is 0 Å². The van der Waals surface area contributed by atoms with Crippen molar-refractivity contribution in [2.24, 2.45) is 4.99 Å². The van der Waals surface area contributed by atoms with Gasteiger partial charge in [-0.3, -0.25) is 4.99 Å². The lowest BCUT2D eigenvalue weighted by Crippen LogP contribution is -2.37. The number of aliphatic imine (C=N–C) groups is 1. The van der Waals surface area contributed by atoms with Gasteiger partial charge >= 0.3 is 0 Å². The van der Waals surface area contributed by atoms with Gasteiger partial charge in [-0.15, -0.1) is 24.0 Å². The summed E-state index contributed by atoms with van der Waals surface area (Å²) in [7, 11) is 1.73. The summed E-state index contributed by atoms with van der Waals surface area (Å²) in [5.41, 5.74) is 3.16. The van der Waals surface area contributed by atoms with E-state index in [1.54, 1.807) is 19.2 Å². The molecule has 0 radical (unpaired) electrons. The Labute approximate surface area is 154 Å². The molecule has 2 aromatic carbocycles. The Morgan fingerprint density at radius 3 is 2.57 bits per heavy atom. The van der Waals surface area contributed by atoms with Gasteiger partial charge in [-0.25, -0.2) is 4.39 Å². The van der Waals surface area contributed by atoms with Crippen LogP contribution < -0.4 is 10.6 Å². The Balaban J connectivity index is 0.00000264. The van der Waals surface area contributed by atoms with Gasteiger partial charge in [0.25, 0.3) is 0 Å². The number of hydrogen-bond acceptors (Lipinski definition) is 1. The van der Waals surface area contributed by atoms with Crippen LogP contribution in [0.2, 0.25) is 0 Å². The molecule has 2 N–H and O–H groups in total. The van der Waals surface area contributed by atoms with Gasteiger partial charge in [0.1, 0.15) is 5.82 Å². The van der Waals surface area contributed by atoms with E-state index in [4.69, 9.17) is 0 Å². The normalized spacial score (nSPS) is 10.8. The number of benzene rings is 2. The van der Waals surface area contributed by atoms with Crippen LogP contribution in [0.1, 0.15) is 16.7 Å². The van der Waals surface area contributed by atoms with Crippen molar-refractivity contribution in [3.8, 4) is 0 Å².